The van der Waals surface area contributed by atoms with Crippen molar-refractivity contribution >= 4 is 0 Å². The Morgan fingerprint density at radius 2 is 1.73 bits per heavy atom. The van der Waals surface area contributed by atoms with Crippen LogP contribution in [0.15, 0.2) is 30.3 Å². The van der Waals surface area contributed by atoms with Crippen molar-refractivity contribution in [3.05, 3.63) is 35.9 Å². The highest BCUT2D eigenvalue weighted by molar-refractivity contribution is 5.15. The second-order valence-corrected chi connectivity index (χ2v) is 4.73. The monoisotopic (exact) mass is 205 g/mol. The molecule has 0 aliphatic heterocycles. The largest absolute Gasteiger partial charge is 0.314 e. The molecule has 1 atom stereocenters. The Morgan fingerprint density at radius 3 is 2.33 bits per heavy atom. The van der Waals surface area contributed by atoms with Gasteiger partial charge >= 0.3 is 0 Å². The Morgan fingerprint density at radius 1 is 1.07 bits per heavy atom. The molecule has 1 aromatic carbocycles. The molecule has 0 saturated heterocycles. The zero-order chi connectivity index (χ0) is 11.1. The fourth-order valence-corrected chi connectivity index (χ4v) is 1.66. The summed E-state index contributed by atoms with van der Waals surface area (Å²) in [5, 5.41) is 3.56. The summed E-state index contributed by atoms with van der Waals surface area (Å²) in [5.41, 5.74) is 1.42. The van der Waals surface area contributed by atoms with Crippen molar-refractivity contribution in [3.8, 4) is 0 Å². The smallest absolute Gasteiger partial charge is 0.00791 e. The van der Waals surface area contributed by atoms with Crippen LogP contribution in [0.4, 0.5) is 0 Å². The predicted octanol–water partition coefficient (Wildman–Crippen LogP) is 3.25. The third-order valence-electron chi connectivity index (χ3n) is 2.60. The Kier molecular flexibility index (Phi) is 5.41. The number of benzene rings is 1. The highest BCUT2D eigenvalue weighted by Gasteiger charge is 2.02. The lowest BCUT2D eigenvalue weighted by Gasteiger charge is -2.14. The van der Waals surface area contributed by atoms with Crippen molar-refractivity contribution in [2.75, 3.05) is 6.54 Å². The molecule has 1 rings (SSSR count). The van der Waals surface area contributed by atoms with Crippen LogP contribution < -0.4 is 5.32 Å². The van der Waals surface area contributed by atoms with Crippen molar-refractivity contribution in [1.29, 1.82) is 0 Å². The predicted molar refractivity (Wildman–Crippen MR) is 67.1 cm³/mol. The van der Waals surface area contributed by atoms with Crippen LogP contribution in [0.25, 0.3) is 0 Å². The molecule has 0 heterocycles. The van der Waals surface area contributed by atoms with Gasteiger partial charge in [-0.15, -0.1) is 0 Å². The SMILES string of the molecule is CC(C)CCNC(C)Cc1ccccc1. The van der Waals surface area contributed by atoms with Gasteiger partial charge in [0.05, 0.1) is 0 Å². The lowest BCUT2D eigenvalue weighted by molar-refractivity contribution is 0.485. The van der Waals surface area contributed by atoms with E-state index in [0.717, 1.165) is 18.9 Å². The van der Waals surface area contributed by atoms with E-state index in [4.69, 9.17) is 0 Å². The summed E-state index contributed by atoms with van der Waals surface area (Å²) in [6.45, 7) is 7.92. The van der Waals surface area contributed by atoms with E-state index in [0.29, 0.717) is 6.04 Å². The third-order valence-corrected chi connectivity index (χ3v) is 2.60. The van der Waals surface area contributed by atoms with Gasteiger partial charge in [0, 0.05) is 6.04 Å². The molecule has 84 valence electrons. The van der Waals surface area contributed by atoms with E-state index < -0.39 is 0 Å². The molecule has 1 unspecified atom stereocenters. The van der Waals surface area contributed by atoms with Crippen LogP contribution in [0.3, 0.4) is 0 Å². The van der Waals surface area contributed by atoms with E-state index in [2.05, 4.69) is 56.4 Å². The quantitative estimate of drug-likeness (QED) is 0.751. The molecule has 0 spiro atoms. The van der Waals surface area contributed by atoms with Crippen LogP contribution in [0.2, 0.25) is 0 Å². The first-order chi connectivity index (χ1) is 7.18. The molecule has 1 heteroatoms. The first kappa shape index (κ1) is 12.3. The molecule has 0 fully saturated rings. The van der Waals surface area contributed by atoms with Crippen molar-refractivity contribution in [3.63, 3.8) is 0 Å². The van der Waals surface area contributed by atoms with Crippen molar-refractivity contribution in [2.24, 2.45) is 5.92 Å². The molecule has 1 aromatic rings. The number of nitrogens with one attached hydrogen (secondary N) is 1. The van der Waals surface area contributed by atoms with Gasteiger partial charge in [0.25, 0.3) is 0 Å². The van der Waals surface area contributed by atoms with Gasteiger partial charge in [-0.1, -0.05) is 44.2 Å². The highest BCUT2D eigenvalue weighted by Crippen LogP contribution is 2.03. The summed E-state index contributed by atoms with van der Waals surface area (Å²) in [6, 6.07) is 11.2. The molecule has 0 saturated carbocycles. The van der Waals surface area contributed by atoms with Crippen molar-refractivity contribution < 1.29 is 0 Å². The lowest BCUT2D eigenvalue weighted by Crippen LogP contribution is -2.29. The summed E-state index contributed by atoms with van der Waals surface area (Å²) >= 11 is 0. The standard InChI is InChI=1S/C14H23N/c1-12(2)9-10-15-13(3)11-14-7-5-4-6-8-14/h4-8,12-13,15H,9-11H2,1-3H3. The molecule has 0 aliphatic rings. The average molecular weight is 205 g/mol. The van der Waals surface area contributed by atoms with Gasteiger partial charge in [-0.2, -0.15) is 0 Å². The average Bonchev–Trinajstić information content (AvgIpc) is 2.18. The maximum Gasteiger partial charge on any atom is 0.00791 e. The number of hydrogen-bond acceptors (Lipinski definition) is 1. The van der Waals surface area contributed by atoms with E-state index in [-0.39, 0.29) is 0 Å². The van der Waals surface area contributed by atoms with Crippen molar-refractivity contribution in [2.45, 2.75) is 39.7 Å². The van der Waals surface area contributed by atoms with Gasteiger partial charge in [-0.05, 0) is 37.8 Å². The molecule has 0 bridgehead atoms. The van der Waals surface area contributed by atoms with Gasteiger partial charge in [0.2, 0.25) is 0 Å². The Hall–Kier alpha value is -0.820. The van der Waals surface area contributed by atoms with Crippen LogP contribution >= 0.6 is 0 Å². The molecule has 0 aromatic heterocycles. The van der Waals surface area contributed by atoms with Gasteiger partial charge in [0.1, 0.15) is 0 Å². The maximum absolute atomic E-state index is 3.56. The van der Waals surface area contributed by atoms with E-state index in [9.17, 15) is 0 Å². The molecule has 0 radical (unpaired) electrons. The number of rotatable bonds is 6. The van der Waals surface area contributed by atoms with Gasteiger partial charge in [0.15, 0.2) is 0 Å². The molecule has 0 amide bonds. The summed E-state index contributed by atoms with van der Waals surface area (Å²) in [7, 11) is 0. The first-order valence-corrected chi connectivity index (χ1v) is 5.96. The summed E-state index contributed by atoms with van der Waals surface area (Å²) < 4.78 is 0. The van der Waals surface area contributed by atoms with Crippen LogP contribution in [-0.4, -0.2) is 12.6 Å². The molecular formula is C14H23N. The van der Waals surface area contributed by atoms with Crippen molar-refractivity contribution in [1.82, 2.24) is 5.32 Å². The fourth-order valence-electron chi connectivity index (χ4n) is 1.66. The lowest BCUT2D eigenvalue weighted by atomic mass is 10.1. The van der Waals surface area contributed by atoms with Gasteiger partial charge < -0.3 is 5.32 Å². The summed E-state index contributed by atoms with van der Waals surface area (Å²) in [6.07, 6.45) is 2.39. The molecule has 0 aliphatic carbocycles. The normalized spacial score (nSPS) is 13.1. The summed E-state index contributed by atoms with van der Waals surface area (Å²) in [5.74, 6) is 0.793. The minimum absolute atomic E-state index is 0.575. The van der Waals surface area contributed by atoms with E-state index in [1.807, 2.05) is 0 Å². The molecule has 1 N–H and O–H groups in total. The second-order valence-electron chi connectivity index (χ2n) is 4.73. The fraction of sp³-hybridized carbons (Fsp3) is 0.571. The third kappa shape index (κ3) is 5.58. The molecule has 15 heavy (non-hydrogen) atoms. The van der Waals surface area contributed by atoms with Crippen LogP contribution in [0.5, 0.6) is 0 Å². The van der Waals surface area contributed by atoms with E-state index in [1.54, 1.807) is 0 Å². The van der Waals surface area contributed by atoms with Crippen LogP contribution in [0, 0.1) is 5.92 Å². The van der Waals surface area contributed by atoms with Crippen LogP contribution in [0.1, 0.15) is 32.8 Å². The minimum atomic E-state index is 0.575. The van der Waals surface area contributed by atoms with Gasteiger partial charge in [-0.3, -0.25) is 0 Å². The van der Waals surface area contributed by atoms with E-state index >= 15 is 0 Å². The molecular weight excluding hydrogens is 182 g/mol. The van der Waals surface area contributed by atoms with Gasteiger partial charge in [-0.25, -0.2) is 0 Å². The zero-order valence-electron chi connectivity index (χ0n) is 10.2. The zero-order valence-corrected chi connectivity index (χ0v) is 10.2. The molecule has 1 nitrogen and oxygen atoms in total. The van der Waals surface area contributed by atoms with Crippen LogP contribution in [-0.2, 0) is 6.42 Å². The Labute approximate surface area is 93.9 Å². The maximum atomic E-state index is 3.56. The Bertz CT molecular complexity index is 253. The topological polar surface area (TPSA) is 12.0 Å². The number of hydrogen-bond donors (Lipinski definition) is 1. The Balaban J connectivity index is 2.21. The second kappa shape index (κ2) is 6.62. The minimum Gasteiger partial charge on any atom is -0.314 e. The van der Waals surface area contributed by atoms with E-state index in [1.165, 1.54) is 12.0 Å². The highest BCUT2D eigenvalue weighted by atomic mass is 14.9. The first-order valence-electron chi connectivity index (χ1n) is 5.96. The summed E-state index contributed by atoms with van der Waals surface area (Å²) in [4.78, 5) is 0.